The second kappa shape index (κ2) is 5.80. The number of amides is 2. The first-order valence-corrected chi connectivity index (χ1v) is 8.66. The summed E-state index contributed by atoms with van der Waals surface area (Å²) < 4.78 is 5.94. The van der Waals surface area contributed by atoms with Gasteiger partial charge in [-0.25, -0.2) is 10.3 Å². The molecule has 0 aromatic heterocycles. The van der Waals surface area contributed by atoms with Gasteiger partial charge in [0.15, 0.2) is 0 Å². The highest BCUT2D eigenvalue weighted by Gasteiger charge is 2.71. The van der Waals surface area contributed by atoms with E-state index in [-0.39, 0.29) is 5.92 Å². The summed E-state index contributed by atoms with van der Waals surface area (Å²) in [5, 5.41) is 14.1. The number of hydrogen-bond acceptors (Lipinski definition) is 5. The number of ether oxygens (including phenoxy) is 1. The van der Waals surface area contributed by atoms with Crippen LogP contribution in [0.15, 0.2) is 42.5 Å². The molecule has 0 saturated carbocycles. The lowest BCUT2D eigenvalue weighted by atomic mass is 9.82. The van der Waals surface area contributed by atoms with Crippen molar-refractivity contribution in [3.8, 4) is 5.75 Å². The van der Waals surface area contributed by atoms with Gasteiger partial charge in [-0.1, -0.05) is 50.2 Å². The van der Waals surface area contributed by atoms with Gasteiger partial charge in [0.1, 0.15) is 5.75 Å². The van der Waals surface area contributed by atoms with Crippen LogP contribution in [0.3, 0.4) is 0 Å². The number of hydroxylamine groups is 1. The van der Waals surface area contributed by atoms with Crippen molar-refractivity contribution >= 4 is 11.8 Å². The summed E-state index contributed by atoms with van der Waals surface area (Å²) in [5.74, 6) is -1.89. The van der Waals surface area contributed by atoms with E-state index in [0.717, 1.165) is 5.56 Å². The van der Waals surface area contributed by atoms with E-state index in [1.807, 2.05) is 19.9 Å². The first-order chi connectivity index (χ1) is 12.8. The van der Waals surface area contributed by atoms with Gasteiger partial charge in [-0.15, -0.1) is 0 Å². The molecule has 0 saturated heterocycles. The SMILES string of the molecule is CONC(=O)NC12C(=O)c3ccccc3C1(O)Oc1cc(C(C)C)ccc12. The largest absolute Gasteiger partial charge is 0.454 e. The van der Waals surface area contributed by atoms with Gasteiger partial charge in [-0.3, -0.25) is 9.63 Å². The highest BCUT2D eigenvalue weighted by atomic mass is 16.6. The fourth-order valence-corrected chi connectivity index (χ4v) is 3.92. The standard InChI is InChI=1S/C20H20N2O5/c1-11(2)12-8-9-15-16(10-12)27-20(25)14-7-5-4-6-13(14)17(23)19(15,20)21-18(24)22-26-3/h4-11,25H,1-3H3,(H2,21,22,24). The molecule has 0 radical (unpaired) electrons. The number of hydrogen-bond donors (Lipinski definition) is 3. The monoisotopic (exact) mass is 368 g/mol. The number of ketones is 1. The molecule has 27 heavy (non-hydrogen) atoms. The van der Waals surface area contributed by atoms with Crippen molar-refractivity contribution in [3.05, 3.63) is 64.7 Å². The molecule has 2 amide bonds. The van der Waals surface area contributed by atoms with E-state index < -0.39 is 23.1 Å². The molecule has 1 aliphatic heterocycles. The lowest BCUT2D eigenvalue weighted by molar-refractivity contribution is -0.169. The van der Waals surface area contributed by atoms with Crippen LogP contribution < -0.4 is 15.5 Å². The van der Waals surface area contributed by atoms with Crippen LogP contribution in [0.25, 0.3) is 0 Å². The van der Waals surface area contributed by atoms with Crippen molar-refractivity contribution in [1.82, 2.24) is 10.8 Å². The molecule has 0 bridgehead atoms. The fraction of sp³-hybridized carbons (Fsp3) is 0.300. The maximum absolute atomic E-state index is 13.4. The molecule has 4 rings (SSSR count). The van der Waals surface area contributed by atoms with Crippen LogP contribution in [0, 0.1) is 0 Å². The van der Waals surface area contributed by atoms with Crippen molar-refractivity contribution in [2.75, 3.05) is 7.11 Å². The molecule has 3 N–H and O–H groups in total. The van der Waals surface area contributed by atoms with E-state index in [1.165, 1.54) is 7.11 Å². The van der Waals surface area contributed by atoms with Crippen LogP contribution in [0.4, 0.5) is 4.79 Å². The highest BCUT2D eigenvalue weighted by Crippen LogP contribution is 2.58. The number of urea groups is 1. The van der Waals surface area contributed by atoms with Crippen LogP contribution in [-0.4, -0.2) is 24.0 Å². The molecule has 1 aliphatic carbocycles. The van der Waals surface area contributed by atoms with Gasteiger partial charge in [-0.05, 0) is 17.5 Å². The number of nitrogens with one attached hydrogen (secondary N) is 2. The molecule has 2 aromatic carbocycles. The summed E-state index contributed by atoms with van der Waals surface area (Å²) in [5.41, 5.74) is 2.35. The Labute approximate surface area is 156 Å². The molecule has 7 heteroatoms. The maximum Gasteiger partial charge on any atom is 0.339 e. The Hall–Kier alpha value is -2.90. The lowest BCUT2D eigenvalue weighted by Gasteiger charge is -2.34. The Balaban J connectivity index is 1.95. The average Bonchev–Trinajstić information content (AvgIpc) is 2.99. The molecular weight excluding hydrogens is 348 g/mol. The second-order valence-corrected chi connectivity index (χ2v) is 7.04. The number of Topliss-reactive ketones (excluding diaryl/α,β-unsaturated/α-hetero) is 1. The van der Waals surface area contributed by atoms with Crippen LogP contribution in [0.5, 0.6) is 5.75 Å². The Morgan fingerprint density at radius 2 is 1.93 bits per heavy atom. The molecule has 0 spiro atoms. The van der Waals surface area contributed by atoms with E-state index in [4.69, 9.17) is 4.74 Å². The van der Waals surface area contributed by atoms with E-state index in [2.05, 4.69) is 15.6 Å². The summed E-state index contributed by atoms with van der Waals surface area (Å²) in [6.45, 7) is 4.07. The number of fused-ring (bicyclic) bond motifs is 5. The summed E-state index contributed by atoms with van der Waals surface area (Å²) >= 11 is 0. The minimum absolute atomic E-state index is 0.234. The smallest absolute Gasteiger partial charge is 0.339 e. The zero-order valence-corrected chi connectivity index (χ0v) is 15.2. The minimum Gasteiger partial charge on any atom is -0.454 e. The van der Waals surface area contributed by atoms with Crippen molar-refractivity contribution < 1.29 is 24.3 Å². The summed E-state index contributed by atoms with van der Waals surface area (Å²) in [7, 11) is 1.28. The first kappa shape index (κ1) is 17.5. The van der Waals surface area contributed by atoms with Crippen molar-refractivity contribution in [1.29, 1.82) is 0 Å². The Morgan fingerprint density at radius 3 is 2.63 bits per heavy atom. The number of aliphatic hydroxyl groups is 1. The van der Waals surface area contributed by atoms with E-state index in [0.29, 0.717) is 22.4 Å². The van der Waals surface area contributed by atoms with Gasteiger partial charge >= 0.3 is 6.03 Å². The zero-order chi connectivity index (χ0) is 19.4. The topological polar surface area (TPSA) is 96.9 Å². The molecule has 2 unspecified atom stereocenters. The molecule has 7 nitrogen and oxygen atoms in total. The average molecular weight is 368 g/mol. The van der Waals surface area contributed by atoms with Crippen LogP contribution in [-0.2, 0) is 16.2 Å². The Bertz CT molecular complexity index is 957. The number of carbonyl (C=O) groups excluding carboxylic acids is 2. The Kier molecular flexibility index (Phi) is 3.76. The Morgan fingerprint density at radius 1 is 1.19 bits per heavy atom. The van der Waals surface area contributed by atoms with Crippen LogP contribution in [0.2, 0.25) is 0 Å². The lowest BCUT2D eigenvalue weighted by Crippen LogP contribution is -2.61. The predicted octanol–water partition coefficient (Wildman–Crippen LogP) is 2.30. The summed E-state index contributed by atoms with van der Waals surface area (Å²) in [6, 6.07) is 11.3. The molecule has 1 heterocycles. The van der Waals surface area contributed by atoms with Gasteiger partial charge in [0.2, 0.25) is 11.3 Å². The van der Waals surface area contributed by atoms with Crippen molar-refractivity contribution in [2.45, 2.75) is 31.1 Å². The van der Waals surface area contributed by atoms with Gasteiger partial charge in [-0.2, -0.15) is 0 Å². The zero-order valence-electron chi connectivity index (χ0n) is 15.2. The van der Waals surface area contributed by atoms with Crippen molar-refractivity contribution in [2.24, 2.45) is 0 Å². The van der Waals surface area contributed by atoms with Gasteiger partial charge in [0.05, 0.1) is 7.11 Å². The first-order valence-electron chi connectivity index (χ1n) is 8.66. The van der Waals surface area contributed by atoms with Crippen LogP contribution >= 0.6 is 0 Å². The van der Waals surface area contributed by atoms with Crippen molar-refractivity contribution in [3.63, 3.8) is 0 Å². The molecule has 140 valence electrons. The third kappa shape index (κ3) is 2.15. The van der Waals surface area contributed by atoms with E-state index in [1.54, 1.807) is 36.4 Å². The molecular formula is C20H20N2O5. The van der Waals surface area contributed by atoms with Gasteiger partial charge in [0, 0.05) is 16.7 Å². The van der Waals surface area contributed by atoms with E-state index in [9.17, 15) is 14.7 Å². The van der Waals surface area contributed by atoms with Crippen LogP contribution in [0.1, 0.15) is 46.8 Å². The molecule has 2 aliphatic rings. The quantitative estimate of drug-likeness (QED) is 0.723. The number of carbonyl (C=O) groups is 2. The summed E-state index contributed by atoms with van der Waals surface area (Å²) in [6.07, 6.45) is 0. The maximum atomic E-state index is 13.4. The third-order valence-electron chi connectivity index (χ3n) is 5.22. The number of rotatable bonds is 3. The number of benzene rings is 2. The molecule has 2 aromatic rings. The fourth-order valence-electron chi connectivity index (χ4n) is 3.92. The normalized spacial score (nSPS) is 24.9. The minimum atomic E-state index is -2.05. The highest BCUT2D eigenvalue weighted by molar-refractivity contribution is 6.12. The van der Waals surface area contributed by atoms with Gasteiger partial charge in [0.25, 0.3) is 5.79 Å². The van der Waals surface area contributed by atoms with Gasteiger partial charge < -0.3 is 15.2 Å². The predicted molar refractivity (Wildman–Crippen MR) is 96.2 cm³/mol. The molecule has 2 atom stereocenters. The summed E-state index contributed by atoms with van der Waals surface area (Å²) in [4.78, 5) is 30.3. The molecule has 0 fully saturated rings. The van der Waals surface area contributed by atoms with E-state index >= 15 is 0 Å². The third-order valence-corrected chi connectivity index (χ3v) is 5.22. The second-order valence-electron chi connectivity index (χ2n) is 7.04.